The molecule has 0 spiro atoms. The highest BCUT2D eigenvalue weighted by Gasteiger charge is 2.42. The molecule has 8 aromatic carbocycles. The van der Waals surface area contributed by atoms with Crippen molar-refractivity contribution in [3.05, 3.63) is 351 Å². The number of nitrogens with zero attached hydrogens (tertiary/aromatic N) is 7. The largest absolute Gasteiger partial charge is 0.508 e. The molecule has 0 bridgehead atoms. The molecule has 145 heavy (non-hydrogen) atoms. The summed E-state index contributed by atoms with van der Waals surface area (Å²) in [5.41, 5.74) is 1.75. The van der Waals surface area contributed by atoms with Gasteiger partial charge in [0.1, 0.15) is 86.7 Å². The summed E-state index contributed by atoms with van der Waals surface area (Å²) in [6, 6.07) is 92.3. The fraction of sp³-hybridized carbons (Fsp3) is 0.319. The van der Waals surface area contributed by atoms with E-state index in [1.54, 1.807) is 90.4 Å². The van der Waals surface area contributed by atoms with Crippen LogP contribution in [0.5, 0.6) is 86.8 Å². The molecule has 13 aromatic rings. The molecule has 4 unspecified atom stereocenters. The standard InChI is InChI=1S/C27H28N2O3.C21H26N2O4.C16H18N2O2.C16H15NO2.C11H9NO2.C11H21NO2.C6H6O2.C5H4FN.O3S/c30-27(29-25-18-24(25)19-7-2-1-3-8-19)20-12-14-21(15-13-20)31-22-9-6-10-23(17-22)32-26-11-4-5-16-28-26;1-21(2,3)27-20(24)23-13-10-16(11-14-23)25-17-7-6-8-18(15-17)26-19-9-4-5-12-22-19;1-2-9-18-16(6-1)20-15-5-3-4-14(12-15)19-13-7-10-17-11-8-13;18-16(19-13-9-5-2-6-10-13)17-15-11-14(15)12-7-3-1-4-8-12;13-9-4-3-5-10(8-9)14-11-6-1-2-7-12-11;1-9-5-7-12(8-6-9)10(13)14-11(2,3)4;7-5-2-1-3-6(8)4-5;6-5-3-1-2-4-7-5;1-4(2)3/h1-11,16-17,20-21,24-25H,12-15,18H2,(H,29,30);4-9,12,15-16H,10-11,13-14H2,1-3H3;1-6,9,12-13,17H,7-8,10-11H2;1-10,14-15H,11H2,(H,17,18);1-8,13H;9H,5-8H2,1-4H3;1-4,7-8H;1-4H;. The summed E-state index contributed by atoms with van der Waals surface area (Å²) in [5, 5.41) is 36.0. The fourth-order valence-corrected chi connectivity index (χ4v) is 15.2. The number of piperidine rings is 3. The first-order valence-electron chi connectivity index (χ1n) is 48.4. The molecule has 3 saturated heterocycles. The molecule has 5 aromatic heterocycles. The Labute approximate surface area is 847 Å². The van der Waals surface area contributed by atoms with Gasteiger partial charge in [-0.05, 0) is 245 Å². The number of nitrogens with one attached hydrogen (secondary N) is 3. The summed E-state index contributed by atoms with van der Waals surface area (Å²) >= 11 is 0. The van der Waals surface area contributed by atoms with E-state index in [2.05, 4.69) is 84.2 Å². The molecule has 32 heteroatoms. The lowest BCUT2D eigenvalue weighted by molar-refractivity contribution is -0.126. The number of halogens is 1. The SMILES string of the molecule is CC(C)(C)OC(=O)N1CCC(Oc2cccc(Oc3ccccn3)c2)CC1.CC1CCN(C(=O)OC(C)(C)C)CC1.Fc1ccccn1.O=C(NC1CC1c1ccccc1)C1CCC(Oc2cccc(Oc3ccccn3)c2)CC1.O=C(NC1CC1c1ccccc1)Oc1ccccc1.O=S(=O)=O.Oc1cccc(O)c1.Oc1cccc(Oc2ccccn2)c1.c1ccc(Oc2cccc(OC3CCNCC3)c2)nc1. The molecule has 6 aliphatic rings. The van der Waals surface area contributed by atoms with Crippen molar-refractivity contribution in [1.29, 1.82) is 0 Å². The Kier molecular flexibility index (Phi) is 43.9. The minimum absolute atomic E-state index is 0.0637. The van der Waals surface area contributed by atoms with Gasteiger partial charge in [-0.15, -0.1) is 12.6 Å². The third-order valence-corrected chi connectivity index (χ3v) is 22.5. The predicted octanol–water partition coefficient (Wildman–Crippen LogP) is 23.0. The Bertz CT molecular complexity index is 6100. The number of para-hydroxylation sites is 1. The Morgan fingerprint density at radius 2 is 0.690 bits per heavy atom. The summed E-state index contributed by atoms with van der Waals surface area (Å²) in [7, 11) is -3.11. The molecule has 4 atom stereocenters. The average molecular weight is 2000 g/mol. The van der Waals surface area contributed by atoms with Gasteiger partial charge in [-0.3, -0.25) is 4.79 Å². The summed E-state index contributed by atoms with van der Waals surface area (Å²) < 4.78 is 94.0. The molecule has 19 rings (SSSR count). The second-order valence-electron chi connectivity index (χ2n) is 36.5. The Morgan fingerprint density at radius 1 is 0.366 bits per heavy atom. The summed E-state index contributed by atoms with van der Waals surface area (Å²) in [5.74, 6) is 9.71. The monoisotopic (exact) mass is 1990 g/mol. The number of pyridine rings is 5. The molecule has 3 saturated carbocycles. The van der Waals surface area contributed by atoms with Crippen LogP contribution in [0.1, 0.15) is 148 Å². The first-order chi connectivity index (χ1) is 70.0. The Morgan fingerprint density at radius 3 is 1.04 bits per heavy atom. The Hall–Kier alpha value is -15.7. The number of benzene rings is 8. The van der Waals surface area contributed by atoms with Crippen LogP contribution in [0.4, 0.5) is 18.8 Å². The lowest BCUT2D eigenvalue weighted by Gasteiger charge is -2.33. The minimum Gasteiger partial charge on any atom is -0.508 e. The number of rotatable bonds is 20. The van der Waals surface area contributed by atoms with Gasteiger partial charge in [-0.1, -0.05) is 146 Å². The third-order valence-electron chi connectivity index (χ3n) is 22.5. The Balaban J connectivity index is 0.000000163. The van der Waals surface area contributed by atoms with Crippen molar-refractivity contribution in [2.24, 2.45) is 11.8 Å². The van der Waals surface area contributed by atoms with Crippen molar-refractivity contribution in [2.75, 3.05) is 39.3 Å². The number of ether oxygens (including phenoxy) is 10. The molecular formula is C113H127FN10O20S. The van der Waals surface area contributed by atoms with Crippen LogP contribution in [-0.4, -0.2) is 168 Å². The van der Waals surface area contributed by atoms with Gasteiger partial charge in [-0.2, -0.15) is 4.39 Å². The van der Waals surface area contributed by atoms with Gasteiger partial charge >= 0.3 is 28.9 Å². The van der Waals surface area contributed by atoms with Crippen molar-refractivity contribution in [2.45, 2.75) is 179 Å². The van der Waals surface area contributed by atoms with Crippen LogP contribution in [0.15, 0.2) is 334 Å². The lowest BCUT2D eigenvalue weighted by Crippen LogP contribution is -2.44. The van der Waals surface area contributed by atoms with Crippen molar-refractivity contribution < 1.29 is 98.9 Å². The van der Waals surface area contributed by atoms with Crippen LogP contribution >= 0.6 is 0 Å². The van der Waals surface area contributed by atoms with E-state index in [1.165, 1.54) is 47.7 Å². The van der Waals surface area contributed by atoms with Gasteiger partial charge in [0.15, 0.2) is 0 Å². The average Bonchev–Trinajstić information content (AvgIpc) is 1.68. The molecule has 3 aliphatic heterocycles. The number of phenols is 3. The molecule has 6 N–H and O–H groups in total. The maximum Gasteiger partial charge on any atom is 0.425 e. The van der Waals surface area contributed by atoms with E-state index < -0.39 is 22.2 Å². The zero-order valence-electron chi connectivity index (χ0n) is 82.4. The molecule has 8 heterocycles. The highest BCUT2D eigenvalue weighted by atomic mass is 32.2. The molecular weight excluding hydrogens is 1870 g/mol. The number of carbonyl (C=O) groups excluding carboxylic acids is 4. The normalized spacial score (nSPS) is 17.0. The van der Waals surface area contributed by atoms with Crippen LogP contribution in [-0.2, 0) is 24.9 Å². The van der Waals surface area contributed by atoms with E-state index in [4.69, 9.17) is 70.2 Å². The molecule has 0 radical (unpaired) electrons. The van der Waals surface area contributed by atoms with E-state index in [0.29, 0.717) is 83.6 Å². The summed E-state index contributed by atoms with van der Waals surface area (Å²) in [6.45, 7) is 18.5. The van der Waals surface area contributed by atoms with Crippen LogP contribution < -0.4 is 53.8 Å². The minimum atomic E-state index is -3.11. The smallest absolute Gasteiger partial charge is 0.425 e. The highest BCUT2D eigenvalue weighted by molar-refractivity contribution is 7.59. The van der Waals surface area contributed by atoms with Gasteiger partial charge in [0.05, 0.1) is 6.10 Å². The number of aromatic nitrogens is 5. The number of hydrogen-bond acceptors (Lipinski definition) is 26. The van der Waals surface area contributed by atoms with E-state index >= 15 is 0 Å². The maximum absolute atomic E-state index is 12.7. The van der Waals surface area contributed by atoms with Gasteiger partial charge < -0.3 is 88.4 Å². The number of phenolic OH excluding ortho intramolecular Hbond substituents is 3. The number of carbonyl (C=O) groups is 4. The van der Waals surface area contributed by atoms with Gasteiger partial charge in [-0.25, -0.2) is 39.3 Å². The van der Waals surface area contributed by atoms with Crippen LogP contribution in [0, 0.1) is 17.8 Å². The first kappa shape index (κ1) is 110. The molecule has 3 aliphatic carbocycles. The van der Waals surface area contributed by atoms with E-state index in [9.17, 15) is 28.7 Å². The topological polar surface area (TPSA) is 380 Å². The zero-order chi connectivity index (χ0) is 103. The van der Waals surface area contributed by atoms with Crippen LogP contribution in [0.3, 0.4) is 0 Å². The van der Waals surface area contributed by atoms with E-state index in [-0.39, 0.29) is 71.2 Å². The lowest BCUT2D eigenvalue weighted by atomic mass is 9.86. The van der Waals surface area contributed by atoms with E-state index in [0.717, 1.165) is 132 Å². The summed E-state index contributed by atoms with van der Waals surface area (Å²) in [4.78, 5) is 71.6. The van der Waals surface area contributed by atoms with Crippen LogP contribution in [0.25, 0.3) is 0 Å². The van der Waals surface area contributed by atoms with E-state index in [1.807, 2.05) is 222 Å². The molecule has 4 amide bonds. The van der Waals surface area contributed by atoms with Crippen molar-refractivity contribution >= 4 is 34.8 Å². The second kappa shape index (κ2) is 58.0. The van der Waals surface area contributed by atoms with Crippen LogP contribution in [0.2, 0.25) is 0 Å². The summed E-state index contributed by atoms with van der Waals surface area (Å²) in [6.07, 6.45) is 19.2. The zero-order valence-corrected chi connectivity index (χ0v) is 83.2. The van der Waals surface area contributed by atoms with Gasteiger partial charge in [0, 0.05) is 154 Å². The highest BCUT2D eigenvalue weighted by Crippen LogP contribution is 2.43. The van der Waals surface area contributed by atoms with Gasteiger partial charge in [0.25, 0.3) is 0 Å². The predicted molar refractivity (Wildman–Crippen MR) is 548 cm³/mol. The maximum atomic E-state index is 12.7. The number of hydrogen-bond donors (Lipinski definition) is 6. The first-order valence-corrected chi connectivity index (χ1v) is 49.4. The van der Waals surface area contributed by atoms with Crippen molar-refractivity contribution in [3.63, 3.8) is 0 Å². The van der Waals surface area contributed by atoms with Gasteiger partial charge in [0.2, 0.25) is 35.4 Å². The fourth-order valence-electron chi connectivity index (χ4n) is 15.2. The quantitative estimate of drug-likeness (QED) is 0.0386. The van der Waals surface area contributed by atoms with Crippen molar-refractivity contribution in [1.82, 2.24) is 50.7 Å². The number of amides is 4. The molecule has 762 valence electrons. The molecule has 6 fully saturated rings. The van der Waals surface area contributed by atoms with Crippen molar-refractivity contribution in [3.8, 4) is 86.8 Å². The molecule has 30 nitrogen and oxygen atoms in total. The number of likely N-dealkylation sites (tertiary alicyclic amines) is 2. The number of aromatic hydroxyl groups is 3. The second-order valence-corrected chi connectivity index (χ2v) is 37.0. The third kappa shape index (κ3) is 42.9.